The van der Waals surface area contributed by atoms with Crippen molar-refractivity contribution in [3.05, 3.63) is 74.4 Å². The second-order valence-corrected chi connectivity index (χ2v) is 11.4. The molecule has 10 heteroatoms. The first-order valence-corrected chi connectivity index (χ1v) is 13.1. The number of carbonyl (C=O) groups is 2. The minimum atomic E-state index is -5.07. The molecular weight excluding hydrogens is 527 g/mol. The first-order chi connectivity index (χ1) is 16.9. The molecule has 0 saturated carbocycles. The molecule has 0 radical (unpaired) electrons. The monoisotopic (exact) mass is 549 g/mol. The number of carbonyl (C=O) groups excluding carboxylic acids is 2. The number of fused-ring (bicyclic) bond motifs is 1. The summed E-state index contributed by atoms with van der Waals surface area (Å²) in [7, 11) is 0. The summed E-state index contributed by atoms with van der Waals surface area (Å²) in [6.45, 7) is 6.74. The van der Waals surface area contributed by atoms with Gasteiger partial charge in [-0.3, -0.25) is 9.69 Å². The fourth-order valence-electron chi connectivity index (χ4n) is 4.08. The smallest absolute Gasteiger partial charge is 0.462 e. The molecule has 2 aliphatic rings. The average Bonchev–Trinajstić information content (AvgIpc) is 3.25. The molecule has 0 unspecified atom stereocenters. The minimum absolute atomic E-state index is 0.121. The molecule has 4 nitrogen and oxygen atoms in total. The SMILES string of the molecule is CCOC(=O)C1=C(c2ccccc2)S/C(=C2\C(=S)C(C)(C)N(C(=O)C(F)(F)F)c3ccc(C)cc32)S1. The molecule has 0 atom stereocenters. The number of rotatable bonds is 3. The van der Waals surface area contributed by atoms with Gasteiger partial charge >= 0.3 is 18.1 Å². The Bertz CT molecular complexity index is 1330. The number of anilines is 1. The van der Waals surface area contributed by atoms with Crippen LogP contribution in [0.3, 0.4) is 0 Å². The third kappa shape index (κ3) is 4.62. The van der Waals surface area contributed by atoms with Gasteiger partial charge in [-0.2, -0.15) is 13.2 Å². The van der Waals surface area contributed by atoms with Crippen LogP contribution in [0.5, 0.6) is 0 Å². The lowest BCUT2D eigenvalue weighted by atomic mass is 9.82. The Morgan fingerprint density at radius 2 is 1.75 bits per heavy atom. The van der Waals surface area contributed by atoms with Crippen LogP contribution in [0, 0.1) is 6.92 Å². The quantitative estimate of drug-likeness (QED) is 0.231. The number of thiocarbonyl (C=S) groups is 1. The van der Waals surface area contributed by atoms with Gasteiger partial charge in [-0.05, 0) is 45.4 Å². The lowest BCUT2D eigenvalue weighted by molar-refractivity contribution is -0.171. The van der Waals surface area contributed by atoms with Gasteiger partial charge in [-0.15, -0.1) is 0 Å². The Labute approximate surface area is 221 Å². The van der Waals surface area contributed by atoms with Crippen molar-refractivity contribution in [3.8, 4) is 0 Å². The standard InChI is InChI=1S/C26H22F3NO3S3/c1-5-33-22(31)20-19(15-9-7-6-8-10-15)35-23(36-20)18-16-13-14(2)11-12-17(16)30(24(32)26(27,28)29)25(3,4)21(18)34/h6-13H,5H2,1-4H3/b23-18+. The number of hydrogen-bond acceptors (Lipinski definition) is 6. The van der Waals surface area contributed by atoms with E-state index in [-0.39, 0.29) is 17.2 Å². The van der Waals surface area contributed by atoms with E-state index in [0.717, 1.165) is 16.0 Å². The molecule has 0 N–H and O–H groups in total. The summed E-state index contributed by atoms with van der Waals surface area (Å²) in [6, 6.07) is 14.2. The van der Waals surface area contributed by atoms with Crippen molar-refractivity contribution in [2.24, 2.45) is 0 Å². The highest BCUT2D eigenvalue weighted by Gasteiger charge is 2.53. The zero-order chi connectivity index (χ0) is 26.4. The van der Waals surface area contributed by atoms with Crippen molar-refractivity contribution in [3.63, 3.8) is 0 Å². The largest absolute Gasteiger partial charge is 0.471 e. The zero-order valence-corrected chi connectivity index (χ0v) is 22.3. The normalized spacial score (nSPS) is 19.4. The summed E-state index contributed by atoms with van der Waals surface area (Å²) in [5.74, 6) is -2.46. The van der Waals surface area contributed by atoms with E-state index in [1.165, 1.54) is 43.4 Å². The molecule has 0 saturated heterocycles. The first-order valence-electron chi connectivity index (χ1n) is 11.0. The van der Waals surface area contributed by atoms with Crippen molar-refractivity contribution < 1.29 is 27.5 Å². The number of benzene rings is 2. The third-order valence-electron chi connectivity index (χ3n) is 5.75. The predicted molar refractivity (Wildman–Crippen MR) is 143 cm³/mol. The Balaban J connectivity index is 1.93. The van der Waals surface area contributed by atoms with Crippen LogP contribution < -0.4 is 4.90 Å². The molecule has 2 aromatic rings. The van der Waals surface area contributed by atoms with Gasteiger partial charge in [0.1, 0.15) is 4.91 Å². The minimum Gasteiger partial charge on any atom is -0.462 e. The highest BCUT2D eigenvalue weighted by atomic mass is 32.2. The Morgan fingerprint density at radius 1 is 1.08 bits per heavy atom. The number of aryl methyl sites for hydroxylation is 1. The van der Waals surface area contributed by atoms with Crippen molar-refractivity contribution in [2.75, 3.05) is 11.5 Å². The maximum atomic E-state index is 13.6. The lowest BCUT2D eigenvalue weighted by Crippen LogP contribution is -2.59. The maximum absolute atomic E-state index is 13.6. The van der Waals surface area contributed by atoms with Crippen molar-refractivity contribution in [1.29, 1.82) is 0 Å². The summed E-state index contributed by atoms with van der Waals surface area (Å²) in [5, 5.41) is 0. The van der Waals surface area contributed by atoms with Crippen LogP contribution in [0.2, 0.25) is 0 Å². The van der Waals surface area contributed by atoms with E-state index in [9.17, 15) is 22.8 Å². The highest BCUT2D eigenvalue weighted by Crippen LogP contribution is 2.58. The Kier molecular flexibility index (Phi) is 7.15. The van der Waals surface area contributed by atoms with E-state index in [0.29, 0.717) is 25.2 Å². The summed E-state index contributed by atoms with van der Waals surface area (Å²) in [6.07, 6.45) is -5.07. The van der Waals surface area contributed by atoms with Gasteiger partial charge in [-0.1, -0.05) is 77.7 Å². The van der Waals surface area contributed by atoms with Crippen LogP contribution in [0.15, 0.2) is 57.7 Å². The number of ether oxygens (including phenoxy) is 1. The molecule has 0 aliphatic carbocycles. The summed E-state index contributed by atoms with van der Waals surface area (Å²) < 4.78 is 46.8. The molecule has 2 aliphatic heterocycles. The fraction of sp³-hybridized carbons (Fsp3) is 0.269. The van der Waals surface area contributed by atoms with E-state index < -0.39 is 23.6 Å². The lowest BCUT2D eigenvalue weighted by Gasteiger charge is -2.45. The second-order valence-electron chi connectivity index (χ2n) is 8.66. The van der Waals surface area contributed by atoms with E-state index in [2.05, 4.69) is 0 Å². The topological polar surface area (TPSA) is 46.6 Å². The molecule has 2 heterocycles. The van der Waals surface area contributed by atoms with Crippen LogP contribution in [0.4, 0.5) is 18.9 Å². The fourth-order valence-corrected chi connectivity index (χ4v) is 7.21. The number of nitrogens with zero attached hydrogens (tertiary/aromatic N) is 1. The molecule has 1 amide bonds. The summed E-state index contributed by atoms with van der Waals surface area (Å²) >= 11 is 8.29. The second kappa shape index (κ2) is 9.72. The van der Waals surface area contributed by atoms with Crippen molar-refractivity contribution in [2.45, 2.75) is 39.4 Å². The number of halogens is 3. The van der Waals surface area contributed by atoms with Gasteiger partial charge in [0.05, 0.1) is 26.9 Å². The molecule has 0 fully saturated rings. The summed E-state index contributed by atoms with van der Waals surface area (Å²) in [4.78, 5) is 27.4. The van der Waals surface area contributed by atoms with Crippen LogP contribution in [-0.2, 0) is 14.3 Å². The third-order valence-corrected chi connectivity index (χ3v) is 9.08. The van der Waals surface area contributed by atoms with Gasteiger partial charge in [0, 0.05) is 16.0 Å². The van der Waals surface area contributed by atoms with Crippen LogP contribution in [-0.4, -0.2) is 35.1 Å². The number of alkyl halides is 3. The summed E-state index contributed by atoms with van der Waals surface area (Å²) in [5.41, 5.74) is 1.24. The Morgan fingerprint density at radius 3 is 2.36 bits per heavy atom. The number of hydrogen-bond donors (Lipinski definition) is 0. The molecular formula is C26H22F3NO3S3. The van der Waals surface area contributed by atoms with Gasteiger partial charge in [0.25, 0.3) is 0 Å². The van der Waals surface area contributed by atoms with Gasteiger partial charge in [0.2, 0.25) is 0 Å². The average molecular weight is 550 g/mol. The number of thioether (sulfide) groups is 2. The molecule has 188 valence electrons. The van der Waals surface area contributed by atoms with Gasteiger partial charge in [0.15, 0.2) is 0 Å². The van der Waals surface area contributed by atoms with Crippen molar-refractivity contribution >= 4 is 68.6 Å². The highest BCUT2D eigenvalue weighted by molar-refractivity contribution is 8.32. The van der Waals surface area contributed by atoms with E-state index in [4.69, 9.17) is 17.0 Å². The molecule has 0 spiro atoms. The van der Waals surface area contributed by atoms with Gasteiger partial charge < -0.3 is 4.74 Å². The molecule has 0 bridgehead atoms. The van der Waals surface area contributed by atoms with Crippen LogP contribution >= 0.6 is 35.7 Å². The van der Waals surface area contributed by atoms with Crippen LogP contribution in [0.1, 0.15) is 37.5 Å². The van der Waals surface area contributed by atoms with Gasteiger partial charge in [-0.25, -0.2) is 4.79 Å². The van der Waals surface area contributed by atoms with E-state index in [1.807, 2.05) is 37.3 Å². The molecule has 36 heavy (non-hydrogen) atoms. The predicted octanol–water partition coefficient (Wildman–Crippen LogP) is 7.13. The maximum Gasteiger partial charge on any atom is 0.471 e. The molecule has 2 aromatic carbocycles. The number of amides is 1. The van der Waals surface area contributed by atoms with E-state index in [1.54, 1.807) is 19.1 Å². The number of esters is 1. The molecule has 0 aromatic heterocycles. The van der Waals surface area contributed by atoms with Crippen molar-refractivity contribution in [1.82, 2.24) is 0 Å². The van der Waals surface area contributed by atoms with E-state index >= 15 is 0 Å². The first kappa shape index (κ1) is 26.5. The zero-order valence-electron chi connectivity index (χ0n) is 19.9. The Hall–Kier alpha value is -2.56. The van der Waals surface area contributed by atoms with Crippen LogP contribution in [0.25, 0.3) is 10.5 Å². The molecule has 4 rings (SSSR count).